The minimum atomic E-state index is -0.525. The molecule has 0 fully saturated rings. The number of nitrogens with one attached hydrogen (secondary N) is 1. The molecule has 0 atom stereocenters. The summed E-state index contributed by atoms with van der Waals surface area (Å²) in [4.78, 5) is 25.3. The van der Waals surface area contributed by atoms with Gasteiger partial charge in [-0.05, 0) is 30.5 Å². The molecule has 1 aliphatic heterocycles. The van der Waals surface area contributed by atoms with Gasteiger partial charge in [0.25, 0.3) is 0 Å². The molecule has 136 valence electrons. The second-order valence-electron chi connectivity index (χ2n) is 5.98. The Labute approximate surface area is 160 Å². The van der Waals surface area contributed by atoms with E-state index in [1.54, 1.807) is 18.4 Å². The Morgan fingerprint density at radius 1 is 1.04 bits per heavy atom. The summed E-state index contributed by atoms with van der Waals surface area (Å²) >= 11 is 1.29. The molecule has 0 saturated heterocycles. The van der Waals surface area contributed by atoms with E-state index in [-0.39, 0.29) is 12.5 Å². The Balaban J connectivity index is 1.69. The van der Waals surface area contributed by atoms with E-state index < -0.39 is 11.9 Å². The highest BCUT2D eigenvalue weighted by Gasteiger charge is 2.33. The number of amides is 1. The third kappa shape index (κ3) is 3.19. The average Bonchev–Trinajstić information content (AvgIpc) is 3.14. The number of benzene rings is 2. The highest BCUT2D eigenvalue weighted by atomic mass is 32.1. The number of carbonyl (C=O) groups is 2. The molecule has 2 heterocycles. The molecule has 1 aromatic heterocycles. The number of thiophene rings is 1. The Morgan fingerprint density at radius 3 is 2.30 bits per heavy atom. The van der Waals surface area contributed by atoms with E-state index in [9.17, 15) is 9.59 Å². The van der Waals surface area contributed by atoms with Crippen LogP contribution in [0.5, 0.6) is 11.5 Å². The van der Waals surface area contributed by atoms with Crippen molar-refractivity contribution in [2.45, 2.75) is 12.8 Å². The van der Waals surface area contributed by atoms with Crippen LogP contribution >= 0.6 is 11.3 Å². The molecular formula is C21H17NO4S. The van der Waals surface area contributed by atoms with E-state index in [2.05, 4.69) is 5.32 Å². The lowest BCUT2D eigenvalue weighted by Crippen LogP contribution is -2.25. The number of carbonyl (C=O) groups excluding carboxylic acids is 2. The highest BCUT2D eigenvalue weighted by molar-refractivity contribution is 7.14. The predicted molar refractivity (Wildman–Crippen MR) is 104 cm³/mol. The van der Waals surface area contributed by atoms with Gasteiger partial charge in [0.05, 0.1) is 18.1 Å². The Kier molecular flexibility index (Phi) is 4.64. The van der Waals surface area contributed by atoms with Crippen molar-refractivity contribution < 1.29 is 19.1 Å². The van der Waals surface area contributed by atoms with Crippen molar-refractivity contribution in [3.63, 3.8) is 0 Å². The molecule has 27 heavy (non-hydrogen) atoms. The predicted octanol–water partition coefficient (Wildman–Crippen LogP) is 4.80. The monoisotopic (exact) mass is 379 g/mol. The fourth-order valence-corrected chi connectivity index (χ4v) is 3.93. The first-order valence-corrected chi connectivity index (χ1v) is 9.48. The maximum absolute atomic E-state index is 13.2. The Hall–Kier alpha value is -3.12. The van der Waals surface area contributed by atoms with Gasteiger partial charge in [-0.25, -0.2) is 4.79 Å². The van der Waals surface area contributed by atoms with Crippen LogP contribution in [-0.4, -0.2) is 18.5 Å². The maximum atomic E-state index is 13.2. The topological polar surface area (TPSA) is 64.6 Å². The van der Waals surface area contributed by atoms with Crippen LogP contribution in [0.15, 0.2) is 60.0 Å². The number of ether oxygens (including phenoxy) is 2. The zero-order valence-corrected chi connectivity index (χ0v) is 15.4. The molecular weight excluding hydrogens is 362 g/mol. The number of anilines is 1. The number of hydrogen-bond donors (Lipinski definition) is 1. The molecule has 4 rings (SSSR count). The van der Waals surface area contributed by atoms with E-state index >= 15 is 0 Å². The summed E-state index contributed by atoms with van der Waals surface area (Å²) in [5, 5.41) is 5.15. The standard InChI is InChI=1S/C21H17NO4S/c1-2-25-21(24)15-11-12-27-20(15)22-19(23)18-13-7-3-5-9-16(13)26-17-10-6-4-8-14(17)18/h3-12,18H,2H2,1H3,(H,22,23). The third-order valence-electron chi connectivity index (χ3n) is 4.34. The van der Waals surface area contributed by atoms with Gasteiger partial charge in [-0.1, -0.05) is 36.4 Å². The van der Waals surface area contributed by atoms with Crippen LogP contribution in [-0.2, 0) is 9.53 Å². The van der Waals surface area contributed by atoms with Gasteiger partial charge >= 0.3 is 5.97 Å². The zero-order valence-electron chi connectivity index (χ0n) is 14.6. The minimum Gasteiger partial charge on any atom is -0.462 e. The van der Waals surface area contributed by atoms with Crippen molar-refractivity contribution in [3.8, 4) is 11.5 Å². The molecule has 0 bridgehead atoms. The smallest absolute Gasteiger partial charge is 0.341 e. The van der Waals surface area contributed by atoms with Gasteiger partial charge in [-0.2, -0.15) is 0 Å². The van der Waals surface area contributed by atoms with Crippen molar-refractivity contribution in [1.82, 2.24) is 0 Å². The van der Waals surface area contributed by atoms with E-state index in [4.69, 9.17) is 9.47 Å². The number of hydrogen-bond acceptors (Lipinski definition) is 5. The molecule has 1 amide bonds. The van der Waals surface area contributed by atoms with Crippen molar-refractivity contribution in [1.29, 1.82) is 0 Å². The molecule has 0 saturated carbocycles. The van der Waals surface area contributed by atoms with Gasteiger partial charge in [0.1, 0.15) is 16.5 Å². The van der Waals surface area contributed by atoms with Crippen molar-refractivity contribution >= 4 is 28.2 Å². The summed E-state index contributed by atoms with van der Waals surface area (Å²) in [6.45, 7) is 2.03. The first-order valence-electron chi connectivity index (χ1n) is 8.60. The van der Waals surface area contributed by atoms with Crippen LogP contribution in [0, 0.1) is 0 Å². The number of rotatable bonds is 4. The zero-order chi connectivity index (χ0) is 18.8. The summed E-state index contributed by atoms with van der Waals surface area (Å²) in [5.74, 6) is 0.137. The summed E-state index contributed by atoms with van der Waals surface area (Å²) in [7, 11) is 0. The first-order chi connectivity index (χ1) is 13.2. The lowest BCUT2D eigenvalue weighted by Gasteiger charge is -2.27. The molecule has 1 aliphatic rings. The Bertz CT molecular complexity index is 965. The summed E-state index contributed by atoms with van der Waals surface area (Å²) in [5.41, 5.74) is 1.95. The molecule has 6 heteroatoms. The first kappa shape index (κ1) is 17.3. The molecule has 0 radical (unpaired) electrons. The van der Waals surface area contributed by atoms with E-state index in [0.717, 1.165) is 11.1 Å². The Morgan fingerprint density at radius 2 is 1.67 bits per heavy atom. The van der Waals surface area contributed by atoms with E-state index in [1.807, 2.05) is 48.5 Å². The molecule has 1 N–H and O–H groups in total. The molecule has 3 aromatic rings. The minimum absolute atomic E-state index is 0.216. The van der Waals surface area contributed by atoms with E-state index in [1.165, 1.54) is 11.3 Å². The second kappa shape index (κ2) is 7.25. The average molecular weight is 379 g/mol. The maximum Gasteiger partial charge on any atom is 0.341 e. The summed E-state index contributed by atoms with van der Waals surface area (Å²) in [6, 6.07) is 16.6. The van der Waals surface area contributed by atoms with Gasteiger partial charge in [0.2, 0.25) is 5.91 Å². The molecule has 0 aliphatic carbocycles. The van der Waals surface area contributed by atoms with E-state index in [0.29, 0.717) is 22.1 Å². The summed E-state index contributed by atoms with van der Waals surface area (Å²) < 4.78 is 11.0. The van der Waals surface area contributed by atoms with Crippen LogP contribution in [0.1, 0.15) is 34.3 Å². The summed E-state index contributed by atoms with van der Waals surface area (Å²) in [6.07, 6.45) is 0. The van der Waals surface area contributed by atoms with Gasteiger partial charge < -0.3 is 14.8 Å². The van der Waals surface area contributed by atoms with Crippen LogP contribution < -0.4 is 10.1 Å². The largest absolute Gasteiger partial charge is 0.462 e. The van der Waals surface area contributed by atoms with Gasteiger partial charge in [-0.15, -0.1) is 11.3 Å². The molecule has 0 spiro atoms. The third-order valence-corrected chi connectivity index (χ3v) is 5.17. The van der Waals surface area contributed by atoms with Crippen molar-refractivity contribution in [2.24, 2.45) is 0 Å². The van der Waals surface area contributed by atoms with Gasteiger partial charge in [0.15, 0.2) is 0 Å². The van der Waals surface area contributed by atoms with Gasteiger partial charge in [0, 0.05) is 11.1 Å². The van der Waals surface area contributed by atoms with Crippen LogP contribution in [0.3, 0.4) is 0 Å². The molecule has 2 aromatic carbocycles. The number of fused-ring (bicyclic) bond motifs is 2. The van der Waals surface area contributed by atoms with Crippen molar-refractivity contribution in [2.75, 3.05) is 11.9 Å². The number of para-hydroxylation sites is 2. The normalized spacial score (nSPS) is 12.5. The molecule has 5 nitrogen and oxygen atoms in total. The lowest BCUT2D eigenvalue weighted by atomic mass is 9.87. The lowest BCUT2D eigenvalue weighted by molar-refractivity contribution is -0.116. The highest BCUT2D eigenvalue weighted by Crippen LogP contribution is 2.44. The van der Waals surface area contributed by atoms with Crippen LogP contribution in [0.2, 0.25) is 0 Å². The molecule has 0 unspecified atom stereocenters. The van der Waals surface area contributed by atoms with Crippen LogP contribution in [0.25, 0.3) is 0 Å². The fourth-order valence-electron chi connectivity index (χ4n) is 3.15. The van der Waals surface area contributed by atoms with Crippen LogP contribution in [0.4, 0.5) is 5.00 Å². The van der Waals surface area contributed by atoms with Gasteiger partial charge in [-0.3, -0.25) is 4.79 Å². The van der Waals surface area contributed by atoms with Crippen molar-refractivity contribution in [3.05, 3.63) is 76.7 Å². The fraction of sp³-hybridized carbons (Fsp3) is 0.143. The number of esters is 1. The SMILES string of the molecule is CCOC(=O)c1ccsc1NC(=O)C1c2ccccc2Oc2ccccc21. The quantitative estimate of drug-likeness (QED) is 0.661. The second-order valence-corrected chi connectivity index (χ2v) is 6.90.